The molecule has 21 heavy (non-hydrogen) atoms. The zero-order chi connectivity index (χ0) is 16.0. The van der Waals surface area contributed by atoms with Gasteiger partial charge in [0.05, 0.1) is 0 Å². The van der Waals surface area contributed by atoms with Crippen molar-refractivity contribution in [1.29, 1.82) is 0 Å². The number of carbonyl (C=O) groups excluding carboxylic acids is 1. The molecule has 1 heterocycles. The van der Waals surface area contributed by atoms with Gasteiger partial charge in [-0.25, -0.2) is 9.78 Å². The van der Waals surface area contributed by atoms with Crippen molar-refractivity contribution in [3.05, 3.63) is 29.6 Å². The molecule has 0 radical (unpaired) electrons. The van der Waals surface area contributed by atoms with E-state index in [0.717, 1.165) is 12.8 Å². The fraction of sp³-hybridized carbons (Fsp3) is 0.562. The Kier molecular flexibility index (Phi) is 6.34. The summed E-state index contributed by atoms with van der Waals surface area (Å²) in [6.45, 7) is 8.92. The molecule has 0 spiro atoms. The lowest BCUT2D eigenvalue weighted by molar-refractivity contribution is 0.0640. The van der Waals surface area contributed by atoms with Crippen LogP contribution in [-0.4, -0.2) is 39.5 Å². The highest BCUT2D eigenvalue weighted by Crippen LogP contribution is 2.16. The van der Waals surface area contributed by atoms with Gasteiger partial charge in [0.15, 0.2) is 0 Å². The molecule has 0 aliphatic heterocycles. The van der Waals surface area contributed by atoms with Crippen molar-refractivity contribution >= 4 is 11.9 Å². The molecule has 1 amide bonds. The number of hydrogen-bond donors (Lipinski definition) is 1. The summed E-state index contributed by atoms with van der Waals surface area (Å²) in [6.07, 6.45) is 3.13. The van der Waals surface area contributed by atoms with E-state index in [2.05, 4.69) is 32.7 Å². The van der Waals surface area contributed by atoms with E-state index in [9.17, 15) is 9.59 Å². The maximum absolute atomic E-state index is 12.7. The van der Waals surface area contributed by atoms with Gasteiger partial charge in [-0.2, -0.15) is 0 Å². The average Bonchev–Trinajstić information content (AvgIpc) is 2.46. The summed E-state index contributed by atoms with van der Waals surface area (Å²) < 4.78 is 0. The van der Waals surface area contributed by atoms with Crippen molar-refractivity contribution in [2.24, 2.45) is 5.92 Å². The number of rotatable bonds is 7. The Hall–Kier alpha value is -1.91. The van der Waals surface area contributed by atoms with E-state index in [1.165, 1.54) is 12.3 Å². The minimum atomic E-state index is -1.12. The third-order valence-electron chi connectivity index (χ3n) is 3.43. The number of carbonyl (C=O) groups is 2. The molecule has 1 rings (SSSR count). The van der Waals surface area contributed by atoms with E-state index in [1.54, 1.807) is 6.07 Å². The summed E-state index contributed by atoms with van der Waals surface area (Å²) in [5.41, 5.74) is 0.282. The predicted molar refractivity (Wildman–Crippen MR) is 81.4 cm³/mol. The molecule has 0 saturated carbocycles. The smallest absolute Gasteiger partial charge is 0.354 e. The lowest BCUT2D eigenvalue weighted by Crippen LogP contribution is -2.42. The normalized spacial score (nSPS) is 11.0. The maximum atomic E-state index is 12.7. The zero-order valence-electron chi connectivity index (χ0n) is 13.2. The topological polar surface area (TPSA) is 70.5 Å². The fourth-order valence-corrected chi connectivity index (χ4v) is 2.37. The maximum Gasteiger partial charge on any atom is 0.354 e. The first kappa shape index (κ1) is 17.1. The summed E-state index contributed by atoms with van der Waals surface area (Å²) in [5, 5.41) is 8.99. The van der Waals surface area contributed by atoms with Gasteiger partial charge in [-0.3, -0.25) is 4.79 Å². The van der Waals surface area contributed by atoms with Crippen LogP contribution in [0.25, 0.3) is 0 Å². The van der Waals surface area contributed by atoms with Gasteiger partial charge in [0.25, 0.3) is 5.91 Å². The van der Waals surface area contributed by atoms with Crippen LogP contribution in [0.1, 0.15) is 61.4 Å². The molecule has 0 unspecified atom stereocenters. The second-order valence-corrected chi connectivity index (χ2v) is 5.56. The molecule has 5 nitrogen and oxygen atoms in total. The second kappa shape index (κ2) is 7.76. The largest absolute Gasteiger partial charge is 0.477 e. The average molecular weight is 292 g/mol. The van der Waals surface area contributed by atoms with Crippen LogP contribution >= 0.6 is 0 Å². The minimum absolute atomic E-state index is 0.102. The van der Waals surface area contributed by atoms with Gasteiger partial charge >= 0.3 is 5.97 Å². The van der Waals surface area contributed by atoms with Gasteiger partial charge in [0, 0.05) is 24.3 Å². The highest BCUT2D eigenvalue weighted by atomic mass is 16.4. The lowest BCUT2D eigenvalue weighted by atomic mass is 10.1. The van der Waals surface area contributed by atoms with Crippen molar-refractivity contribution in [2.45, 2.75) is 46.6 Å². The third-order valence-corrected chi connectivity index (χ3v) is 3.43. The fourth-order valence-electron chi connectivity index (χ4n) is 2.37. The molecule has 5 heteroatoms. The lowest BCUT2D eigenvalue weighted by Gasteiger charge is -2.32. The second-order valence-electron chi connectivity index (χ2n) is 5.56. The Morgan fingerprint density at radius 2 is 1.90 bits per heavy atom. The number of nitrogens with zero attached hydrogens (tertiary/aromatic N) is 2. The summed E-state index contributed by atoms with van der Waals surface area (Å²) in [5.74, 6) is -0.889. The SMILES string of the molecule is CCC(CC)N(CC(C)C)C(=O)c1ccnc(C(=O)O)c1. The molecular formula is C16H24N2O3. The van der Waals surface area contributed by atoms with Crippen molar-refractivity contribution in [3.8, 4) is 0 Å². The summed E-state index contributed by atoms with van der Waals surface area (Å²) in [6, 6.07) is 3.09. The number of aromatic carboxylic acids is 1. The van der Waals surface area contributed by atoms with Gasteiger partial charge in [-0.1, -0.05) is 27.7 Å². The first-order chi connectivity index (χ1) is 9.90. The van der Waals surface area contributed by atoms with Crippen LogP contribution in [0, 0.1) is 5.92 Å². The van der Waals surface area contributed by atoms with Crippen LogP contribution in [0.3, 0.4) is 0 Å². The molecule has 0 saturated heterocycles. The zero-order valence-corrected chi connectivity index (χ0v) is 13.2. The van der Waals surface area contributed by atoms with Crippen LogP contribution < -0.4 is 0 Å². The molecule has 116 valence electrons. The van der Waals surface area contributed by atoms with Crippen LogP contribution in [0.15, 0.2) is 18.3 Å². The van der Waals surface area contributed by atoms with Crippen molar-refractivity contribution in [2.75, 3.05) is 6.54 Å². The molecular weight excluding hydrogens is 268 g/mol. The monoisotopic (exact) mass is 292 g/mol. The summed E-state index contributed by atoms with van der Waals surface area (Å²) >= 11 is 0. The summed E-state index contributed by atoms with van der Waals surface area (Å²) in [7, 11) is 0. The third kappa shape index (κ3) is 4.55. The van der Waals surface area contributed by atoms with E-state index < -0.39 is 5.97 Å². The van der Waals surface area contributed by atoms with Gasteiger partial charge in [-0.05, 0) is 30.9 Å². The quantitative estimate of drug-likeness (QED) is 0.838. The highest BCUT2D eigenvalue weighted by Gasteiger charge is 2.24. The predicted octanol–water partition coefficient (Wildman–Crippen LogP) is 3.07. The molecule has 0 atom stereocenters. The molecule has 1 aromatic heterocycles. The molecule has 0 bridgehead atoms. The van der Waals surface area contributed by atoms with Gasteiger partial charge in [0.1, 0.15) is 5.69 Å². The number of aromatic nitrogens is 1. The van der Waals surface area contributed by atoms with E-state index in [4.69, 9.17) is 5.11 Å². The number of carboxylic acid groups (broad SMARTS) is 1. The Bertz CT molecular complexity index is 496. The van der Waals surface area contributed by atoms with Crippen molar-refractivity contribution in [1.82, 2.24) is 9.88 Å². The van der Waals surface area contributed by atoms with Crippen LogP contribution in [0.5, 0.6) is 0 Å². The van der Waals surface area contributed by atoms with Crippen LogP contribution in [0.2, 0.25) is 0 Å². The molecule has 0 aliphatic rings. The van der Waals surface area contributed by atoms with Gasteiger partial charge < -0.3 is 10.0 Å². The Labute approximate surface area is 126 Å². The van der Waals surface area contributed by atoms with E-state index >= 15 is 0 Å². The standard InChI is InChI=1S/C16H24N2O3/c1-5-13(6-2)18(10-11(3)4)15(19)12-7-8-17-14(9-12)16(20)21/h7-9,11,13H,5-6,10H2,1-4H3,(H,20,21). The molecule has 0 aliphatic carbocycles. The number of amides is 1. The first-order valence-corrected chi connectivity index (χ1v) is 7.40. The Morgan fingerprint density at radius 1 is 1.29 bits per heavy atom. The highest BCUT2D eigenvalue weighted by molar-refractivity contribution is 5.96. The Morgan fingerprint density at radius 3 is 2.38 bits per heavy atom. The molecule has 0 aromatic carbocycles. The van der Waals surface area contributed by atoms with Crippen molar-refractivity contribution < 1.29 is 14.7 Å². The Balaban J connectivity index is 3.09. The van der Waals surface area contributed by atoms with Gasteiger partial charge in [0.2, 0.25) is 0 Å². The van der Waals surface area contributed by atoms with E-state index in [0.29, 0.717) is 18.0 Å². The number of pyridine rings is 1. The molecule has 1 N–H and O–H groups in total. The van der Waals surface area contributed by atoms with E-state index in [-0.39, 0.29) is 17.6 Å². The number of hydrogen-bond acceptors (Lipinski definition) is 3. The summed E-state index contributed by atoms with van der Waals surface area (Å²) in [4.78, 5) is 29.3. The minimum Gasteiger partial charge on any atom is -0.477 e. The van der Waals surface area contributed by atoms with Crippen LogP contribution in [0.4, 0.5) is 0 Å². The molecule has 1 aromatic rings. The first-order valence-electron chi connectivity index (χ1n) is 7.40. The van der Waals surface area contributed by atoms with Crippen LogP contribution in [-0.2, 0) is 0 Å². The van der Waals surface area contributed by atoms with Gasteiger partial charge in [-0.15, -0.1) is 0 Å². The molecule has 0 fully saturated rings. The van der Waals surface area contributed by atoms with E-state index in [1.807, 2.05) is 4.90 Å². The number of carboxylic acids is 1. The van der Waals surface area contributed by atoms with Crippen molar-refractivity contribution in [3.63, 3.8) is 0 Å².